The highest BCUT2D eigenvalue weighted by Crippen LogP contribution is 2.30. The molecule has 1 fully saturated rings. The van der Waals surface area contributed by atoms with Gasteiger partial charge in [-0.1, -0.05) is 17.7 Å². The molecule has 0 saturated carbocycles. The minimum absolute atomic E-state index is 0.00939. The second kappa shape index (κ2) is 8.16. The van der Waals surface area contributed by atoms with Gasteiger partial charge in [-0.3, -0.25) is 4.79 Å². The van der Waals surface area contributed by atoms with Crippen LogP contribution in [0, 0.1) is 6.92 Å². The lowest BCUT2D eigenvalue weighted by Gasteiger charge is -2.21. The van der Waals surface area contributed by atoms with Gasteiger partial charge in [-0.25, -0.2) is 14.6 Å². The summed E-state index contributed by atoms with van der Waals surface area (Å²) in [5.41, 5.74) is 9.29. The first-order chi connectivity index (χ1) is 14.1. The molecule has 1 aliphatic rings. The van der Waals surface area contributed by atoms with Gasteiger partial charge in [0, 0.05) is 37.9 Å². The van der Waals surface area contributed by atoms with Crippen LogP contribution in [0.2, 0.25) is 0 Å². The van der Waals surface area contributed by atoms with Crippen molar-refractivity contribution in [3.05, 3.63) is 47.9 Å². The number of nitrogens with zero attached hydrogens (tertiary/aromatic N) is 5. The van der Waals surface area contributed by atoms with Crippen LogP contribution in [0.3, 0.4) is 0 Å². The van der Waals surface area contributed by atoms with Gasteiger partial charge in [0.2, 0.25) is 0 Å². The zero-order valence-electron chi connectivity index (χ0n) is 16.8. The molecule has 2 atom stereocenters. The Balaban J connectivity index is 1.47. The number of ether oxygens (including phenoxy) is 1. The van der Waals surface area contributed by atoms with Crippen molar-refractivity contribution in [1.82, 2.24) is 24.6 Å². The highest BCUT2D eigenvalue weighted by Gasteiger charge is 2.33. The normalized spacial score (nSPS) is 17.6. The van der Waals surface area contributed by atoms with Crippen molar-refractivity contribution in [1.29, 1.82) is 0 Å². The number of carbonyl (C=O) groups excluding carboxylic acids is 1. The van der Waals surface area contributed by atoms with Gasteiger partial charge in [0.25, 0.3) is 5.91 Å². The number of benzene rings is 1. The number of aryl methyl sites for hydroxylation is 1. The maximum absolute atomic E-state index is 12.9. The van der Waals surface area contributed by atoms with Crippen molar-refractivity contribution in [2.45, 2.75) is 38.8 Å². The summed E-state index contributed by atoms with van der Waals surface area (Å²) in [4.78, 5) is 23.6. The first-order valence-electron chi connectivity index (χ1n) is 9.96. The van der Waals surface area contributed by atoms with E-state index in [1.807, 2.05) is 40.8 Å². The lowest BCUT2D eigenvalue weighted by molar-refractivity contribution is -0.136. The maximum Gasteiger partial charge on any atom is 0.263 e. The summed E-state index contributed by atoms with van der Waals surface area (Å²) < 4.78 is 7.65. The van der Waals surface area contributed by atoms with Gasteiger partial charge in [-0.2, -0.15) is 5.10 Å². The molecule has 2 aromatic heterocycles. The highest BCUT2D eigenvalue weighted by molar-refractivity contribution is 5.81. The van der Waals surface area contributed by atoms with Gasteiger partial charge in [0.05, 0.1) is 12.2 Å². The van der Waals surface area contributed by atoms with Crippen LogP contribution in [0.5, 0.6) is 5.75 Å². The van der Waals surface area contributed by atoms with E-state index in [4.69, 9.17) is 15.6 Å². The van der Waals surface area contributed by atoms with Gasteiger partial charge in [-0.05, 0) is 32.4 Å². The number of likely N-dealkylation sites (tertiary alicyclic amines) is 1. The van der Waals surface area contributed by atoms with E-state index in [0.29, 0.717) is 31.9 Å². The number of nitrogens with two attached hydrogens (primary N) is 1. The number of amides is 1. The molecule has 1 amide bonds. The van der Waals surface area contributed by atoms with Crippen LogP contribution in [0.15, 0.2) is 36.7 Å². The smallest absolute Gasteiger partial charge is 0.263 e. The Labute approximate surface area is 169 Å². The van der Waals surface area contributed by atoms with Crippen molar-refractivity contribution in [2.75, 3.05) is 19.6 Å². The van der Waals surface area contributed by atoms with E-state index in [9.17, 15) is 4.79 Å². The Morgan fingerprint density at radius 1 is 1.28 bits per heavy atom. The highest BCUT2D eigenvalue weighted by atomic mass is 16.5. The standard InChI is InChI=1S/C21H26N6O2/c1-14-3-5-17(6-4-14)29-15(2)21(28)26-11-7-16(13-26)18-19-20(24-10-9-23-19)27(25-18)12-8-22/h3-6,9-10,15-16H,7-8,11-13,22H2,1-2H3/t15-,16-/m1/s1. The molecule has 152 valence electrons. The molecule has 3 aromatic rings. The van der Waals surface area contributed by atoms with E-state index in [1.54, 1.807) is 19.3 Å². The molecule has 1 aromatic carbocycles. The Hall–Kier alpha value is -3.00. The Kier molecular flexibility index (Phi) is 5.44. The second-order valence-electron chi connectivity index (χ2n) is 7.47. The fraction of sp³-hybridized carbons (Fsp3) is 0.429. The lowest BCUT2D eigenvalue weighted by Crippen LogP contribution is -2.39. The van der Waals surface area contributed by atoms with Crippen molar-refractivity contribution in [3.8, 4) is 5.75 Å². The quantitative estimate of drug-likeness (QED) is 0.685. The number of hydrogen-bond acceptors (Lipinski definition) is 6. The van der Waals surface area contributed by atoms with Crippen LogP contribution in [0.25, 0.3) is 11.2 Å². The molecule has 1 aliphatic heterocycles. The molecule has 0 bridgehead atoms. The fourth-order valence-electron chi connectivity index (χ4n) is 3.79. The van der Waals surface area contributed by atoms with Gasteiger partial charge in [-0.15, -0.1) is 0 Å². The molecule has 0 unspecified atom stereocenters. The van der Waals surface area contributed by atoms with Crippen LogP contribution >= 0.6 is 0 Å². The van der Waals surface area contributed by atoms with E-state index in [0.717, 1.165) is 28.8 Å². The van der Waals surface area contributed by atoms with E-state index < -0.39 is 6.10 Å². The number of fused-ring (bicyclic) bond motifs is 1. The van der Waals surface area contributed by atoms with Crippen molar-refractivity contribution < 1.29 is 9.53 Å². The van der Waals surface area contributed by atoms with Crippen LogP contribution in [0.1, 0.15) is 30.5 Å². The molecule has 0 aliphatic carbocycles. The van der Waals surface area contributed by atoms with Gasteiger partial charge >= 0.3 is 0 Å². The van der Waals surface area contributed by atoms with Crippen molar-refractivity contribution >= 4 is 17.1 Å². The summed E-state index contributed by atoms with van der Waals surface area (Å²) in [6, 6.07) is 7.73. The summed E-state index contributed by atoms with van der Waals surface area (Å²) in [5.74, 6) is 0.822. The molecule has 29 heavy (non-hydrogen) atoms. The zero-order chi connectivity index (χ0) is 20.4. The molecule has 1 saturated heterocycles. The van der Waals surface area contributed by atoms with Crippen LogP contribution < -0.4 is 10.5 Å². The summed E-state index contributed by atoms with van der Waals surface area (Å²) in [6.07, 6.45) is 3.64. The molecule has 8 heteroatoms. The molecule has 0 radical (unpaired) electrons. The van der Waals surface area contributed by atoms with E-state index in [-0.39, 0.29) is 11.8 Å². The molecular weight excluding hydrogens is 368 g/mol. The third-order valence-corrected chi connectivity index (χ3v) is 5.30. The molecule has 0 spiro atoms. The predicted molar refractivity (Wildman–Crippen MR) is 110 cm³/mol. The number of rotatable bonds is 6. The van der Waals surface area contributed by atoms with Gasteiger partial charge in [0.15, 0.2) is 11.8 Å². The molecule has 8 nitrogen and oxygen atoms in total. The first kappa shape index (κ1) is 19.3. The third kappa shape index (κ3) is 3.93. The number of hydrogen-bond donors (Lipinski definition) is 1. The topological polar surface area (TPSA) is 99.2 Å². The van der Waals surface area contributed by atoms with E-state index >= 15 is 0 Å². The minimum Gasteiger partial charge on any atom is -0.481 e. The van der Waals surface area contributed by atoms with Crippen LogP contribution in [0.4, 0.5) is 0 Å². The van der Waals surface area contributed by atoms with Crippen molar-refractivity contribution in [2.24, 2.45) is 5.73 Å². The van der Waals surface area contributed by atoms with E-state index in [1.165, 1.54) is 0 Å². The SMILES string of the molecule is Cc1ccc(O[C@H](C)C(=O)N2CC[C@@H](c3nn(CCN)c4nccnc34)C2)cc1. The third-order valence-electron chi connectivity index (χ3n) is 5.30. The maximum atomic E-state index is 12.9. The van der Waals surface area contributed by atoms with Gasteiger partial charge < -0.3 is 15.4 Å². The monoisotopic (exact) mass is 394 g/mol. The number of aromatic nitrogens is 4. The summed E-state index contributed by atoms with van der Waals surface area (Å²) in [7, 11) is 0. The molecule has 2 N–H and O–H groups in total. The largest absolute Gasteiger partial charge is 0.481 e. The van der Waals surface area contributed by atoms with Crippen LogP contribution in [-0.2, 0) is 11.3 Å². The molecule has 3 heterocycles. The van der Waals surface area contributed by atoms with Gasteiger partial charge in [0.1, 0.15) is 11.3 Å². The number of carbonyl (C=O) groups is 1. The zero-order valence-corrected chi connectivity index (χ0v) is 16.8. The Morgan fingerprint density at radius 3 is 2.79 bits per heavy atom. The fourth-order valence-corrected chi connectivity index (χ4v) is 3.79. The van der Waals surface area contributed by atoms with E-state index in [2.05, 4.69) is 9.97 Å². The summed E-state index contributed by atoms with van der Waals surface area (Å²) in [5, 5.41) is 4.72. The molecular formula is C21H26N6O2. The van der Waals surface area contributed by atoms with Crippen molar-refractivity contribution in [3.63, 3.8) is 0 Å². The predicted octanol–water partition coefficient (Wildman–Crippen LogP) is 1.88. The second-order valence-corrected chi connectivity index (χ2v) is 7.47. The average molecular weight is 394 g/mol. The minimum atomic E-state index is -0.539. The molecule has 4 rings (SSSR count). The van der Waals surface area contributed by atoms with Crippen LogP contribution in [-0.4, -0.2) is 56.3 Å². The lowest BCUT2D eigenvalue weighted by atomic mass is 10.0. The summed E-state index contributed by atoms with van der Waals surface area (Å²) in [6.45, 7) is 6.17. The average Bonchev–Trinajstić information content (AvgIpc) is 3.35. The Bertz CT molecular complexity index is 1000. The first-order valence-corrected chi connectivity index (χ1v) is 9.96. The Morgan fingerprint density at radius 2 is 2.03 bits per heavy atom. The summed E-state index contributed by atoms with van der Waals surface area (Å²) >= 11 is 0.